The molecule has 9 nitrogen and oxygen atoms in total. The first-order chi connectivity index (χ1) is 16.9. The van der Waals surface area contributed by atoms with Gasteiger partial charge in [-0.25, -0.2) is 9.78 Å². The molecule has 0 bridgehead atoms. The van der Waals surface area contributed by atoms with Crippen molar-refractivity contribution < 1.29 is 24.2 Å². The molecule has 3 N–H and O–H groups in total. The predicted octanol–water partition coefficient (Wildman–Crippen LogP) is 2.85. The lowest BCUT2D eigenvalue weighted by Crippen LogP contribution is -2.34. The number of hydrogen-bond acceptors (Lipinski definition) is 8. The van der Waals surface area contributed by atoms with E-state index in [1.54, 1.807) is 28.8 Å². The molecule has 35 heavy (non-hydrogen) atoms. The number of fused-ring (bicyclic) bond motifs is 5. The molecule has 0 saturated carbocycles. The summed E-state index contributed by atoms with van der Waals surface area (Å²) >= 11 is 0. The SMILES string of the molecule is CCc1c2c(nc3ccc(O)cc13)-c1cc3c(c(=O)n1C2)COC(=O)[C@H]3OC(=O)CCCCCN. The Morgan fingerprint density at radius 2 is 2.06 bits per heavy atom. The highest BCUT2D eigenvalue weighted by Gasteiger charge is 2.37. The number of phenols is 1. The third-order valence-corrected chi connectivity index (χ3v) is 6.72. The Hall–Kier alpha value is -3.72. The van der Waals surface area contributed by atoms with E-state index in [4.69, 9.17) is 20.2 Å². The summed E-state index contributed by atoms with van der Waals surface area (Å²) in [5, 5.41) is 10.8. The van der Waals surface area contributed by atoms with Crippen molar-refractivity contribution in [3.05, 3.63) is 56.9 Å². The highest BCUT2D eigenvalue weighted by atomic mass is 16.6. The number of nitrogens with two attached hydrogens (primary N) is 1. The fourth-order valence-electron chi connectivity index (χ4n) is 4.98. The third kappa shape index (κ3) is 3.95. The zero-order chi connectivity index (χ0) is 24.7. The Balaban J connectivity index is 1.57. The lowest BCUT2D eigenvalue weighted by atomic mass is 9.97. The zero-order valence-electron chi connectivity index (χ0n) is 19.5. The second-order valence-corrected chi connectivity index (χ2v) is 8.90. The lowest BCUT2D eigenvalue weighted by molar-refractivity contribution is -0.171. The number of hydrogen-bond donors (Lipinski definition) is 2. The molecule has 182 valence electrons. The largest absolute Gasteiger partial charge is 0.508 e. The molecule has 1 aromatic carbocycles. The number of nitrogens with zero attached hydrogens (tertiary/aromatic N) is 2. The van der Waals surface area contributed by atoms with Crippen LogP contribution in [0, 0.1) is 0 Å². The van der Waals surface area contributed by atoms with Crippen LogP contribution in [0.4, 0.5) is 0 Å². The van der Waals surface area contributed by atoms with Gasteiger partial charge in [0.25, 0.3) is 5.56 Å². The predicted molar refractivity (Wildman–Crippen MR) is 128 cm³/mol. The summed E-state index contributed by atoms with van der Waals surface area (Å²) in [6.45, 7) is 2.74. The van der Waals surface area contributed by atoms with Crippen LogP contribution in [0.15, 0.2) is 29.1 Å². The molecule has 0 fully saturated rings. The van der Waals surface area contributed by atoms with Crippen LogP contribution >= 0.6 is 0 Å². The monoisotopic (exact) mass is 477 g/mol. The topological polar surface area (TPSA) is 134 Å². The van der Waals surface area contributed by atoms with E-state index in [0.717, 1.165) is 29.4 Å². The Morgan fingerprint density at radius 3 is 2.83 bits per heavy atom. The van der Waals surface area contributed by atoms with Gasteiger partial charge < -0.3 is 24.9 Å². The molecule has 0 amide bonds. The standard InChI is InChI=1S/C26H27N3O6/c1-2-15-16-10-14(30)7-8-20(16)28-23-18(15)12-29-21(23)11-17-19(25(29)32)13-34-26(33)24(17)35-22(31)6-4-3-5-9-27/h7-8,10-11,24,30H,2-6,9,12-13,27H2,1H3/t24-/m0/s1. The van der Waals surface area contributed by atoms with Gasteiger partial charge in [-0.15, -0.1) is 0 Å². The molecule has 9 heteroatoms. The van der Waals surface area contributed by atoms with Gasteiger partial charge in [-0.2, -0.15) is 0 Å². The van der Waals surface area contributed by atoms with Gasteiger partial charge >= 0.3 is 11.9 Å². The van der Waals surface area contributed by atoms with Crippen LogP contribution in [0.2, 0.25) is 0 Å². The summed E-state index contributed by atoms with van der Waals surface area (Å²) in [5.41, 5.74) is 9.72. The van der Waals surface area contributed by atoms with Gasteiger partial charge in [-0.3, -0.25) is 9.59 Å². The van der Waals surface area contributed by atoms with Crippen molar-refractivity contribution in [1.82, 2.24) is 9.55 Å². The summed E-state index contributed by atoms with van der Waals surface area (Å²) in [7, 11) is 0. The number of cyclic esters (lactones) is 1. The number of aryl methyl sites for hydroxylation is 1. The first-order valence-corrected chi connectivity index (χ1v) is 11.9. The van der Waals surface area contributed by atoms with Gasteiger partial charge in [-0.1, -0.05) is 13.3 Å². The summed E-state index contributed by atoms with van der Waals surface area (Å²) in [6.07, 6.45) is 1.78. The van der Waals surface area contributed by atoms with Crippen LogP contribution in [-0.4, -0.2) is 33.1 Å². The maximum absolute atomic E-state index is 13.5. The minimum absolute atomic E-state index is 0.153. The molecule has 0 unspecified atom stereocenters. The van der Waals surface area contributed by atoms with E-state index in [9.17, 15) is 19.5 Å². The van der Waals surface area contributed by atoms with Crippen molar-refractivity contribution in [2.75, 3.05) is 6.54 Å². The van der Waals surface area contributed by atoms with E-state index in [1.807, 2.05) is 6.92 Å². The van der Waals surface area contributed by atoms with Crippen LogP contribution in [-0.2, 0) is 38.6 Å². The fourth-order valence-corrected chi connectivity index (χ4v) is 4.98. The molecule has 2 aliphatic rings. The van der Waals surface area contributed by atoms with Gasteiger partial charge in [-0.05, 0) is 55.6 Å². The number of benzene rings is 1. The van der Waals surface area contributed by atoms with E-state index in [0.29, 0.717) is 54.0 Å². The van der Waals surface area contributed by atoms with Crippen LogP contribution in [0.1, 0.15) is 61.0 Å². The van der Waals surface area contributed by atoms with Gasteiger partial charge in [0.1, 0.15) is 12.4 Å². The first kappa shape index (κ1) is 23.0. The minimum Gasteiger partial charge on any atom is -0.508 e. The molecule has 3 aromatic rings. The fraction of sp³-hybridized carbons (Fsp3) is 0.385. The number of aromatic nitrogens is 2. The number of aromatic hydroxyl groups is 1. The number of phenolic OH excluding ortho intramolecular Hbond substituents is 1. The van der Waals surface area contributed by atoms with E-state index in [-0.39, 0.29) is 24.3 Å². The van der Waals surface area contributed by atoms with E-state index in [1.165, 1.54) is 0 Å². The summed E-state index contributed by atoms with van der Waals surface area (Å²) in [4.78, 5) is 43.2. The zero-order valence-corrected chi connectivity index (χ0v) is 19.5. The molecule has 0 saturated heterocycles. The van der Waals surface area contributed by atoms with E-state index in [2.05, 4.69) is 0 Å². The molecular weight excluding hydrogens is 450 g/mol. The molecular formula is C26H27N3O6. The van der Waals surface area contributed by atoms with Gasteiger partial charge in [0.15, 0.2) is 0 Å². The summed E-state index contributed by atoms with van der Waals surface area (Å²) in [6, 6.07) is 6.74. The molecule has 1 atom stereocenters. The summed E-state index contributed by atoms with van der Waals surface area (Å²) < 4.78 is 12.3. The van der Waals surface area contributed by atoms with Crippen molar-refractivity contribution in [2.45, 2.75) is 58.3 Å². The number of carbonyl (C=O) groups excluding carboxylic acids is 2. The molecule has 0 aliphatic carbocycles. The maximum Gasteiger partial charge on any atom is 0.352 e. The second kappa shape index (κ2) is 9.14. The number of esters is 2. The molecule has 0 radical (unpaired) electrons. The van der Waals surface area contributed by atoms with Gasteiger partial charge in [0.05, 0.1) is 29.0 Å². The second-order valence-electron chi connectivity index (χ2n) is 8.90. The summed E-state index contributed by atoms with van der Waals surface area (Å²) in [5.74, 6) is -1.05. The van der Waals surface area contributed by atoms with Crippen LogP contribution in [0.25, 0.3) is 22.3 Å². The minimum atomic E-state index is -1.29. The Morgan fingerprint density at radius 1 is 1.23 bits per heavy atom. The lowest BCUT2D eigenvalue weighted by Gasteiger charge is -2.25. The molecule has 0 spiro atoms. The van der Waals surface area contributed by atoms with Crippen LogP contribution in [0.3, 0.4) is 0 Å². The van der Waals surface area contributed by atoms with Gasteiger partial charge in [0, 0.05) is 22.9 Å². The Kier molecular flexibility index (Phi) is 6.02. The van der Waals surface area contributed by atoms with Crippen molar-refractivity contribution in [3.63, 3.8) is 0 Å². The normalized spacial score (nSPS) is 15.9. The number of rotatable bonds is 7. The van der Waals surface area contributed by atoms with Crippen molar-refractivity contribution >= 4 is 22.8 Å². The van der Waals surface area contributed by atoms with Gasteiger partial charge in [0.2, 0.25) is 6.10 Å². The van der Waals surface area contributed by atoms with E-state index < -0.39 is 18.0 Å². The number of ether oxygens (including phenoxy) is 2. The Labute approximate surface area is 201 Å². The van der Waals surface area contributed by atoms with Crippen molar-refractivity contribution in [1.29, 1.82) is 0 Å². The average Bonchev–Trinajstić information content (AvgIpc) is 3.21. The Bertz CT molecular complexity index is 1410. The first-order valence-electron chi connectivity index (χ1n) is 11.9. The number of unbranched alkanes of at least 4 members (excludes halogenated alkanes) is 2. The highest BCUT2D eigenvalue weighted by molar-refractivity contribution is 5.89. The quantitative estimate of drug-likeness (QED) is 0.307. The average molecular weight is 478 g/mol. The third-order valence-electron chi connectivity index (χ3n) is 6.72. The maximum atomic E-state index is 13.5. The van der Waals surface area contributed by atoms with Crippen molar-refractivity contribution in [2.24, 2.45) is 5.73 Å². The number of carbonyl (C=O) groups is 2. The molecule has 2 aliphatic heterocycles. The smallest absolute Gasteiger partial charge is 0.352 e. The van der Waals surface area contributed by atoms with Crippen LogP contribution < -0.4 is 11.3 Å². The molecule has 2 aromatic heterocycles. The number of pyridine rings is 2. The van der Waals surface area contributed by atoms with Crippen molar-refractivity contribution in [3.8, 4) is 17.1 Å². The van der Waals surface area contributed by atoms with E-state index >= 15 is 0 Å². The molecule has 5 rings (SSSR count). The highest BCUT2D eigenvalue weighted by Crippen LogP contribution is 2.39. The molecule has 4 heterocycles. The van der Waals surface area contributed by atoms with Crippen LogP contribution in [0.5, 0.6) is 5.75 Å².